The van der Waals surface area contributed by atoms with Crippen molar-refractivity contribution in [2.75, 3.05) is 19.5 Å². The Hall–Kier alpha value is -3.09. The molecule has 0 unspecified atom stereocenters. The van der Waals surface area contributed by atoms with E-state index in [2.05, 4.69) is 10.5 Å². The molecule has 1 atom stereocenters. The lowest BCUT2D eigenvalue weighted by Crippen LogP contribution is -2.26. The topological polar surface area (TPSA) is 69.1 Å². The van der Waals surface area contributed by atoms with Gasteiger partial charge in [0.2, 0.25) is 6.10 Å². The monoisotopic (exact) mass is 346 g/mol. The molecule has 0 bridgehead atoms. The highest BCUT2D eigenvalue weighted by Gasteiger charge is 2.15. The zero-order valence-corrected chi connectivity index (χ0v) is 14.2. The van der Waals surface area contributed by atoms with Crippen LogP contribution in [0.4, 0.5) is 10.1 Å². The molecule has 0 fully saturated rings. The number of anilines is 1. The maximum atomic E-state index is 13.5. The molecule has 0 aliphatic heterocycles. The number of rotatable bonds is 7. The van der Waals surface area contributed by atoms with E-state index in [1.165, 1.54) is 38.4 Å². The molecule has 1 N–H and O–H groups in total. The molecule has 0 saturated carbocycles. The van der Waals surface area contributed by atoms with E-state index in [-0.39, 0.29) is 5.69 Å². The third-order valence-electron chi connectivity index (χ3n) is 3.35. The molecule has 25 heavy (non-hydrogen) atoms. The second kappa shape index (κ2) is 8.68. The van der Waals surface area contributed by atoms with Crippen LogP contribution in [0, 0.1) is 5.82 Å². The van der Waals surface area contributed by atoms with Crippen molar-refractivity contribution in [3.8, 4) is 11.5 Å². The van der Waals surface area contributed by atoms with Crippen LogP contribution in [0.3, 0.4) is 0 Å². The van der Waals surface area contributed by atoms with Crippen molar-refractivity contribution in [2.45, 2.75) is 13.0 Å². The number of nitrogens with one attached hydrogen (secondary N) is 1. The number of hydrogen-bond acceptors (Lipinski definition) is 5. The number of hydrogen-bond donors (Lipinski definition) is 1. The van der Waals surface area contributed by atoms with Gasteiger partial charge < -0.3 is 19.6 Å². The molecule has 7 heteroatoms. The lowest BCUT2D eigenvalue weighted by molar-refractivity contribution is -0.126. The van der Waals surface area contributed by atoms with Gasteiger partial charge in [-0.3, -0.25) is 4.79 Å². The number of amides is 1. The molecule has 1 amide bonds. The van der Waals surface area contributed by atoms with Gasteiger partial charge in [0.15, 0.2) is 0 Å². The average molecular weight is 346 g/mol. The van der Waals surface area contributed by atoms with Gasteiger partial charge in [-0.15, -0.1) is 0 Å². The first-order valence-electron chi connectivity index (χ1n) is 7.51. The molecule has 0 spiro atoms. The van der Waals surface area contributed by atoms with Gasteiger partial charge in [0.1, 0.15) is 17.3 Å². The first-order valence-corrected chi connectivity index (χ1v) is 7.51. The van der Waals surface area contributed by atoms with E-state index in [9.17, 15) is 9.18 Å². The van der Waals surface area contributed by atoms with E-state index < -0.39 is 17.8 Å². The van der Waals surface area contributed by atoms with E-state index >= 15 is 0 Å². The fourth-order valence-electron chi connectivity index (χ4n) is 1.96. The number of ether oxygens (including phenoxy) is 2. The van der Waals surface area contributed by atoms with Crippen molar-refractivity contribution in [3.63, 3.8) is 0 Å². The van der Waals surface area contributed by atoms with Crippen LogP contribution < -0.4 is 14.8 Å². The third-order valence-corrected chi connectivity index (χ3v) is 3.35. The highest BCUT2D eigenvalue weighted by atomic mass is 19.1. The number of benzene rings is 2. The van der Waals surface area contributed by atoms with Crippen molar-refractivity contribution in [3.05, 3.63) is 53.8 Å². The molecule has 0 radical (unpaired) electrons. The van der Waals surface area contributed by atoms with E-state index in [0.717, 1.165) is 0 Å². The van der Waals surface area contributed by atoms with Gasteiger partial charge >= 0.3 is 0 Å². The normalized spacial score (nSPS) is 11.8. The molecule has 6 nitrogen and oxygen atoms in total. The second-order valence-corrected chi connectivity index (χ2v) is 5.06. The summed E-state index contributed by atoms with van der Waals surface area (Å²) in [4.78, 5) is 17.1. The van der Waals surface area contributed by atoms with Crippen LogP contribution in [0.5, 0.6) is 11.5 Å². The van der Waals surface area contributed by atoms with Crippen molar-refractivity contribution >= 4 is 17.8 Å². The summed E-state index contributed by atoms with van der Waals surface area (Å²) < 4.78 is 23.9. The van der Waals surface area contributed by atoms with Crippen molar-refractivity contribution < 1.29 is 23.5 Å². The zero-order valence-electron chi connectivity index (χ0n) is 14.2. The van der Waals surface area contributed by atoms with Crippen LogP contribution in [-0.4, -0.2) is 32.4 Å². The van der Waals surface area contributed by atoms with Gasteiger partial charge in [0.25, 0.3) is 5.91 Å². The molecule has 0 saturated heterocycles. The number of carbonyl (C=O) groups is 1. The van der Waals surface area contributed by atoms with Crippen molar-refractivity contribution in [1.82, 2.24) is 0 Å². The average Bonchev–Trinajstić information content (AvgIpc) is 2.63. The van der Waals surface area contributed by atoms with Gasteiger partial charge in [0.05, 0.1) is 26.1 Å². The lowest BCUT2D eigenvalue weighted by atomic mass is 10.2. The Labute approximate surface area is 145 Å². The molecule has 2 rings (SSSR count). The third kappa shape index (κ3) is 4.94. The fraction of sp³-hybridized carbons (Fsp3) is 0.222. The molecule has 0 aliphatic carbocycles. The van der Waals surface area contributed by atoms with Crippen molar-refractivity contribution in [1.29, 1.82) is 0 Å². The SMILES string of the molecule is COc1ccc(OC)c(/C=N\O[C@@H](C)C(=O)Nc2ccccc2F)c1. The predicted molar refractivity (Wildman–Crippen MR) is 92.7 cm³/mol. The first kappa shape index (κ1) is 18.3. The maximum Gasteiger partial charge on any atom is 0.268 e. The minimum absolute atomic E-state index is 0.0846. The summed E-state index contributed by atoms with van der Waals surface area (Å²) in [6.45, 7) is 1.51. The number of para-hydroxylation sites is 1. The highest BCUT2D eigenvalue weighted by Crippen LogP contribution is 2.22. The van der Waals surface area contributed by atoms with Crippen LogP contribution >= 0.6 is 0 Å². The molecule has 0 heterocycles. The number of oxime groups is 1. The summed E-state index contributed by atoms with van der Waals surface area (Å²) in [6.07, 6.45) is 0.501. The number of nitrogens with zero attached hydrogens (tertiary/aromatic N) is 1. The summed E-state index contributed by atoms with van der Waals surface area (Å²) in [5.41, 5.74) is 0.713. The standard InChI is InChI=1S/C18H19FN2O4/c1-12(18(22)21-16-7-5-4-6-15(16)19)25-20-11-13-10-14(23-2)8-9-17(13)24-3/h4-12H,1-3H3,(H,21,22)/b20-11-/t12-/m0/s1. The molecule has 0 aliphatic rings. The second-order valence-electron chi connectivity index (χ2n) is 5.06. The van der Waals surface area contributed by atoms with E-state index in [4.69, 9.17) is 14.3 Å². The van der Waals surface area contributed by atoms with Crippen LogP contribution in [0.2, 0.25) is 0 Å². The number of methoxy groups -OCH3 is 2. The quantitative estimate of drug-likeness (QED) is 0.617. The largest absolute Gasteiger partial charge is 0.497 e. The summed E-state index contributed by atoms with van der Waals surface area (Å²) in [7, 11) is 3.08. The smallest absolute Gasteiger partial charge is 0.268 e. The Morgan fingerprint density at radius 3 is 2.64 bits per heavy atom. The van der Waals surface area contributed by atoms with Gasteiger partial charge in [-0.2, -0.15) is 0 Å². The van der Waals surface area contributed by atoms with E-state index in [1.54, 1.807) is 31.4 Å². The Kier molecular flexibility index (Phi) is 6.33. The van der Waals surface area contributed by atoms with Crippen LogP contribution in [0.25, 0.3) is 0 Å². The number of halogens is 1. The van der Waals surface area contributed by atoms with Gasteiger partial charge in [-0.05, 0) is 37.3 Å². The number of carbonyl (C=O) groups excluding carboxylic acids is 1. The molecule has 0 aromatic heterocycles. The van der Waals surface area contributed by atoms with Crippen molar-refractivity contribution in [2.24, 2.45) is 5.16 Å². The van der Waals surface area contributed by atoms with E-state index in [0.29, 0.717) is 17.1 Å². The van der Waals surface area contributed by atoms with Crippen LogP contribution in [0.15, 0.2) is 47.6 Å². The molecular formula is C18H19FN2O4. The van der Waals surface area contributed by atoms with Gasteiger partial charge in [0, 0.05) is 5.56 Å². The fourth-order valence-corrected chi connectivity index (χ4v) is 1.96. The molecule has 2 aromatic rings. The summed E-state index contributed by atoms with van der Waals surface area (Å²) in [6, 6.07) is 11.1. The van der Waals surface area contributed by atoms with Crippen LogP contribution in [0.1, 0.15) is 12.5 Å². The Morgan fingerprint density at radius 1 is 1.20 bits per heavy atom. The summed E-state index contributed by atoms with van der Waals surface area (Å²) in [5, 5.41) is 6.24. The van der Waals surface area contributed by atoms with Gasteiger partial charge in [-0.1, -0.05) is 17.3 Å². The zero-order chi connectivity index (χ0) is 18.2. The predicted octanol–water partition coefficient (Wildman–Crippen LogP) is 3.22. The molecule has 2 aromatic carbocycles. The van der Waals surface area contributed by atoms with Gasteiger partial charge in [-0.25, -0.2) is 4.39 Å². The van der Waals surface area contributed by atoms with Crippen LogP contribution in [-0.2, 0) is 9.63 Å². The minimum atomic E-state index is -0.910. The highest BCUT2D eigenvalue weighted by molar-refractivity contribution is 5.94. The minimum Gasteiger partial charge on any atom is -0.497 e. The lowest BCUT2D eigenvalue weighted by Gasteiger charge is -2.11. The first-order chi connectivity index (χ1) is 12.0. The Balaban J connectivity index is 1.99. The maximum absolute atomic E-state index is 13.5. The summed E-state index contributed by atoms with van der Waals surface area (Å²) in [5.74, 6) is 0.178. The summed E-state index contributed by atoms with van der Waals surface area (Å²) >= 11 is 0. The van der Waals surface area contributed by atoms with E-state index in [1.807, 2.05) is 0 Å². The Bertz CT molecular complexity index is 764. The molecule has 132 valence electrons. The Morgan fingerprint density at radius 2 is 1.96 bits per heavy atom. The molecular weight excluding hydrogens is 327 g/mol.